The molecular formula is C23H36N4O2Si. The van der Waals surface area contributed by atoms with Gasteiger partial charge in [-0.1, -0.05) is 33.0 Å². The van der Waals surface area contributed by atoms with Crippen molar-refractivity contribution in [3.05, 3.63) is 23.5 Å². The summed E-state index contributed by atoms with van der Waals surface area (Å²) in [5.41, 5.74) is 3.71. The fourth-order valence-electron chi connectivity index (χ4n) is 4.91. The molecule has 0 saturated heterocycles. The van der Waals surface area contributed by atoms with Gasteiger partial charge in [0.15, 0.2) is 11.7 Å². The second-order valence-corrected chi connectivity index (χ2v) is 15.8. The number of ether oxygens (including phenoxy) is 1. The second-order valence-electron chi connectivity index (χ2n) is 10.2. The molecule has 2 aliphatic heterocycles. The van der Waals surface area contributed by atoms with Crippen LogP contribution in [0.15, 0.2) is 33.5 Å². The Morgan fingerprint density at radius 3 is 2.80 bits per heavy atom. The number of hydrogen-bond donors (Lipinski definition) is 1. The molecule has 0 spiro atoms. The van der Waals surface area contributed by atoms with Crippen LogP contribution in [0.5, 0.6) is 0 Å². The summed E-state index contributed by atoms with van der Waals surface area (Å²) < 4.78 is 8.07. The molecule has 1 aromatic heterocycles. The summed E-state index contributed by atoms with van der Waals surface area (Å²) in [5, 5.41) is 10.4. The highest BCUT2D eigenvalue weighted by Crippen LogP contribution is 2.46. The largest absolute Gasteiger partial charge is 0.393 e. The number of fused-ring (bicyclic) bond motifs is 3. The third-order valence-corrected chi connectivity index (χ3v) is 8.32. The molecule has 7 heteroatoms. The Kier molecular flexibility index (Phi) is 6.05. The Morgan fingerprint density at radius 2 is 2.07 bits per heavy atom. The normalized spacial score (nSPS) is 26.1. The molecule has 4 rings (SSSR count). The Labute approximate surface area is 181 Å². The molecule has 6 nitrogen and oxygen atoms in total. The van der Waals surface area contributed by atoms with Gasteiger partial charge in [0.1, 0.15) is 6.73 Å². The number of aromatic nitrogens is 1. The van der Waals surface area contributed by atoms with Crippen LogP contribution in [0, 0.1) is 11.8 Å². The minimum absolute atomic E-state index is 0.204. The number of aliphatic hydroxyl groups excluding tert-OH is 1. The predicted molar refractivity (Wildman–Crippen MR) is 127 cm³/mol. The molecule has 0 amide bonds. The lowest BCUT2D eigenvalue weighted by atomic mass is 9.87. The lowest BCUT2D eigenvalue weighted by Crippen LogP contribution is -2.40. The van der Waals surface area contributed by atoms with Gasteiger partial charge in [0.25, 0.3) is 0 Å². The fraction of sp³-hybridized carbons (Fsp3) is 0.652. The molecule has 3 heterocycles. The van der Waals surface area contributed by atoms with Crippen molar-refractivity contribution in [1.82, 2.24) is 4.57 Å². The second kappa shape index (κ2) is 8.44. The van der Waals surface area contributed by atoms with Crippen molar-refractivity contribution in [2.45, 2.75) is 71.6 Å². The summed E-state index contributed by atoms with van der Waals surface area (Å²) >= 11 is 0. The van der Waals surface area contributed by atoms with Crippen LogP contribution in [0.25, 0.3) is 0 Å². The molecule has 1 aromatic rings. The Balaban J connectivity index is 1.58. The van der Waals surface area contributed by atoms with Gasteiger partial charge >= 0.3 is 0 Å². The number of aliphatic hydroxyl groups is 1. The minimum atomic E-state index is -1.09. The van der Waals surface area contributed by atoms with Crippen LogP contribution < -0.4 is 4.90 Å². The van der Waals surface area contributed by atoms with E-state index >= 15 is 0 Å². The van der Waals surface area contributed by atoms with Gasteiger partial charge in [0, 0.05) is 32.5 Å². The first-order valence-electron chi connectivity index (χ1n) is 11.3. The first-order chi connectivity index (χ1) is 14.3. The molecule has 0 bridgehead atoms. The van der Waals surface area contributed by atoms with Crippen molar-refractivity contribution < 1.29 is 9.84 Å². The summed E-state index contributed by atoms with van der Waals surface area (Å²) in [6.07, 6.45) is 6.57. The quantitative estimate of drug-likeness (QED) is 0.501. The van der Waals surface area contributed by atoms with Gasteiger partial charge in [0.2, 0.25) is 0 Å². The maximum absolute atomic E-state index is 10.4. The van der Waals surface area contributed by atoms with Crippen LogP contribution in [-0.4, -0.2) is 49.1 Å². The molecule has 3 aliphatic rings. The van der Waals surface area contributed by atoms with Crippen molar-refractivity contribution in [2.24, 2.45) is 21.8 Å². The number of rotatable bonds is 7. The van der Waals surface area contributed by atoms with E-state index in [0.717, 1.165) is 49.3 Å². The molecule has 0 aromatic carbocycles. The summed E-state index contributed by atoms with van der Waals surface area (Å²) in [6, 6.07) is 3.30. The van der Waals surface area contributed by atoms with Gasteiger partial charge < -0.3 is 14.4 Å². The minimum Gasteiger partial charge on any atom is -0.393 e. The average Bonchev–Trinajstić information content (AvgIpc) is 3.27. The highest BCUT2D eigenvalue weighted by molar-refractivity contribution is 6.76. The summed E-state index contributed by atoms with van der Waals surface area (Å²) in [5.74, 6) is 2.72. The number of amidine groups is 1. The number of hydrogen-bond acceptors (Lipinski definition) is 5. The van der Waals surface area contributed by atoms with Crippen LogP contribution >= 0.6 is 0 Å². The lowest BCUT2D eigenvalue weighted by molar-refractivity contribution is 0.0886. The highest BCUT2D eigenvalue weighted by Gasteiger charge is 2.41. The molecule has 3 unspecified atom stereocenters. The number of anilines is 1. The third-order valence-electron chi connectivity index (χ3n) is 6.61. The standard InChI is InChI=1S/C23H36N4O2Si/c1-6-17-11-18(28)12-19(17)22-16(2)13-24-21-14-25-23-20(27(21)22)7-8-26(23)15-29-9-10-30(3,4)5/h7-8,14,17-19,28H,6,9-13,15H2,1-5H3. The Morgan fingerprint density at radius 1 is 1.27 bits per heavy atom. The van der Waals surface area contributed by atoms with Crippen LogP contribution in [0.4, 0.5) is 11.5 Å². The molecule has 1 N–H and O–H groups in total. The number of nitrogens with zero attached hydrogens (tertiary/aromatic N) is 4. The van der Waals surface area contributed by atoms with Crippen LogP contribution in [0.3, 0.4) is 0 Å². The Bertz CT molecular complexity index is 880. The zero-order chi connectivity index (χ0) is 21.5. The maximum atomic E-state index is 10.4. The van der Waals surface area contributed by atoms with Crippen LogP contribution in [-0.2, 0) is 11.5 Å². The SMILES string of the molecule is CCC1CC(O)CC1C1=C(C)CN=C2C=Nc3c(ccn3COCC[Si](C)(C)C)N21. The first kappa shape index (κ1) is 21.5. The highest BCUT2D eigenvalue weighted by atomic mass is 28.3. The zero-order valence-electron chi connectivity index (χ0n) is 19.1. The molecular weight excluding hydrogens is 392 g/mol. The average molecular weight is 429 g/mol. The fourth-order valence-corrected chi connectivity index (χ4v) is 5.67. The van der Waals surface area contributed by atoms with Gasteiger partial charge in [-0.15, -0.1) is 0 Å². The van der Waals surface area contributed by atoms with E-state index in [4.69, 9.17) is 14.7 Å². The van der Waals surface area contributed by atoms with Crippen molar-refractivity contribution in [3.63, 3.8) is 0 Å². The molecule has 0 radical (unpaired) electrons. The van der Waals surface area contributed by atoms with E-state index in [-0.39, 0.29) is 6.10 Å². The van der Waals surface area contributed by atoms with E-state index in [1.54, 1.807) is 0 Å². The molecule has 1 saturated carbocycles. The number of aliphatic imine (C=N–C) groups is 2. The summed E-state index contributed by atoms with van der Waals surface area (Å²) in [7, 11) is -1.09. The molecule has 30 heavy (non-hydrogen) atoms. The van der Waals surface area contributed by atoms with E-state index in [1.807, 2.05) is 6.21 Å². The first-order valence-corrected chi connectivity index (χ1v) is 15.0. The molecule has 3 atom stereocenters. The lowest BCUT2D eigenvalue weighted by Gasteiger charge is -2.38. The van der Waals surface area contributed by atoms with E-state index in [0.29, 0.717) is 25.1 Å². The van der Waals surface area contributed by atoms with Crippen LogP contribution in [0.1, 0.15) is 33.1 Å². The van der Waals surface area contributed by atoms with Gasteiger partial charge in [0.05, 0.1) is 24.6 Å². The molecule has 164 valence electrons. The van der Waals surface area contributed by atoms with Crippen molar-refractivity contribution in [1.29, 1.82) is 0 Å². The number of allylic oxidation sites excluding steroid dienone is 1. The summed E-state index contributed by atoms with van der Waals surface area (Å²) in [6.45, 7) is 13.6. The van der Waals surface area contributed by atoms with E-state index in [1.165, 1.54) is 11.3 Å². The van der Waals surface area contributed by atoms with E-state index in [2.05, 4.69) is 55.2 Å². The Hall–Kier alpha value is -1.70. The maximum Gasteiger partial charge on any atom is 0.159 e. The van der Waals surface area contributed by atoms with Gasteiger partial charge in [-0.3, -0.25) is 9.89 Å². The van der Waals surface area contributed by atoms with E-state index < -0.39 is 8.07 Å². The summed E-state index contributed by atoms with van der Waals surface area (Å²) in [4.78, 5) is 11.8. The topological polar surface area (TPSA) is 62.4 Å². The predicted octanol–water partition coefficient (Wildman–Crippen LogP) is 4.81. The smallest absolute Gasteiger partial charge is 0.159 e. The zero-order valence-corrected chi connectivity index (χ0v) is 20.1. The van der Waals surface area contributed by atoms with Crippen molar-refractivity contribution in [2.75, 3.05) is 18.1 Å². The van der Waals surface area contributed by atoms with Gasteiger partial charge in [-0.05, 0) is 43.4 Å². The molecule has 1 fully saturated rings. The van der Waals surface area contributed by atoms with Crippen LogP contribution in [0.2, 0.25) is 25.7 Å². The van der Waals surface area contributed by atoms with Crippen molar-refractivity contribution in [3.8, 4) is 0 Å². The van der Waals surface area contributed by atoms with E-state index in [9.17, 15) is 5.11 Å². The van der Waals surface area contributed by atoms with Crippen molar-refractivity contribution >= 4 is 31.6 Å². The molecule has 1 aliphatic carbocycles. The third kappa shape index (κ3) is 4.20. The van der Waals surface area contributed by atoms with Gasteiger partial charge in [-0.2, -0.15) is 0 Å². The monoisotopic (exact) mass is 428 g/mol. The van der Waals surface area contributed by atoms with Gasteiger partial charge in [-0.25, -0.2) is 4.99 Å².